The number of aromatic nitrogens is 1. The van der Waals surface area contributed by atoms with Crippen molar-refractivity contribution in [1.29, 1.82) is 0 Å². The lowest BCUT2D eigenvalue weighted by atomic mass is 9.87. The molecule has 1 aliphatic rings. The van der Waals surface area contributed by atoms with Gasteiger partial charge in [0.2, 0.25) is 0 Å². The SMILES string of the molecule is CC[C@@]1(c2ccccc2)NC(=O)N(NC(=O)c2cc3ccccc3[nH]2)C1=O. The van der Waals surface area contributed by atoms with Crippen LogP contribution in [0.25, 0.3) is 10.9 Å². The lowest BCUT2D eigenvalue weighted by molar-refractivity contribution is -0.133. The van der Waals surface area contributed by atoms with Gasteiger partial charge >= 0.3 is 6.03 Å². The topological polar surface area (TPSA) is 94.3 Å². The number of imide groups is 1. The number of H-pyrrole nitrogens is 1. The van der Waals surface area contributed by atoms with Crippen molar-refractivity contribution in [2.75, 3.05) is 0 Å². The summed E-state index contributed by atoms with van der Waals surface area (Å²) >= 11 is 0. The van der Waals surface area contributed by atoms with Crippen LogP contribution in [-0.4, -0.2) is 27.8 Å². The molecule has 2 heterocycles. The van der Waals surface area contributed by atoms with Gasteiger partial charge in [-0.3, -0.25) is 15.0 Å². The Hall–Kier alpha value is -3.61. The molecule has 1 atom stereocenters. The fourth-order valence-corrected chi connectivity index (χ4v) is 3.40. The number of aromatic amines is 1. The Kier molecular flexibility index (Phi) is 3.92. The predicted octanol–water partition coefficient (Wildman–Crippen LogP) is 2.67. The number of carbonyl (C=O) groups is 3. The van der Waals surface area contributed by atoms with Gasteiger partial charge in [-0.25, -0.2) is 4.79 Å². The first-order chi connectivity index (χ1) is 13.0. The molecule has 1 fully saturated rings. The Balaban J connectivity index is 1.61. The second-order valence-corrected chi connectivity index (χ2v) is 6.41. The highest BCUT2D eigenvalue weighted by atomic mass is 16.2. The molecule has 0 radical (unpaired) electrons. The van der Waals surface area contributed by atoms with E-state index in [1.165, 1.54) is 0 Å². The molecule has 1 saturated heterocycles. The number of fused-ring (bicyclic) bond motifs is 1. The fraction of sp³-hybridized carbons (Fsp3) is 0.150. The van der Waals surface area contributed by atoms with Crippen LogP contribution in [0.15, 0.2) is 60.7 Å². The maximum Gasteiger partial charge on any atom is 0.344 e. The molecule has 7 heteroatoms. The lowest BCUT2D eigenvalue weighted by Crippen LogP contribution is -2.48. The van der Waals surface area contributed by atoms with Crippen molar-refractivity contribution >= 4 is 28.7 Å². The Bertz CT molecular complexity index is 1010. The summed E-state index contributed by atoms with van der Waals surface area (Å²) in [5.41, 5.74) is 2.97. The number of carbonyl (C=O) groups excluding carboxylic acids is 3. The first kappa shape index (κ1) is 16.8. The predicted molar refractivity (Wildman–Crippen MR) is 99.6 cm³/mol. The molecule has 4 amide bonds. The summed E-state index contributed by atoms with van der Waals surface area (Å²) in [7, 11) is 0. The number of nitrogens with one attached hydrogen (secondary N) is 3. The minimum Gasteiger partial charge on any atom is -0.350 e. The standard InChI is InChI=1S/C20H18N4O3/c1-2-20(14-9-4-3-5-10-14)18(26)24(19(27)22-20)23-17(25)16-12-13-8-6-7-11-15(13)21-16/h3-12,21H,2H2,1H3,(H,22,27)(H,23,25)/t20-/m0/s1. The fourth-order valence-electron chi connectivity index (χ4n) is 3.40. The van der Waals surface area contributed by atoms with Gasteiger partial charge in [-0.1, -0.05) is 55.5 Å². The molecule has 0 bridgehead atoms. The van der Waals surface area contributed by atoms with E-state index in [2.05, 4.69) is 15.7 Å². The molecule has 27 heavy (non-hydrogen) atoms. The molecule has 0 aliphatic carbocycles. The summed E-state index contributed by atoms with van der Waals surface area (Å²) in [6.45, 7) is 1.81. The van der Waals surface area contributed by atoms with Crippen molar-refractivity contribution in [2.45, 2.75) is 18.9 Å². The number of amides is 4. The van der Waals surface area contributed by atoms with Crippen molar-refractivity contribution in [3.8, 4) is 0 Å². The largest absolute Gasteiger partial charge is 0.350 e. The van der Waals surface area contributed by atoms with Gasteiger partial charge < -0.3 is 10.3 Å². The van der Waals surface area contributed by atoms with Gasteiger partial charge in [-0.15, -0.1) is 0 Å². The molecule has 1 aromatic heterocycles. The van der Waals surface area contributed by atoms with E-state index in [1.54, 1.807) is 30.3 Å². The van der Waals surface area contributed by atoms with Gasteiger partial charge in [0.1, 0.15) is 11.2 Å². The average Bonchev–Trinajstić information content (AvgIpc) is 3.23. The van der Waals surface area contributed by atoms with E-state index in [4.69, 9.17) is 0 Å². The normalized spacial score (nSPS) is 19.4. The van der Waals surface area contributed by atoms with E-state index in [0.29, 0.717) is 12.0 Å². The van der Waals surface area contributed by atoms with Crippen molar-refractivity contribution in [2.24, 2.45) is 0 Å². The first-order valence-corrected chi connectivity index (χ1v) is 8.66. The van der Waals surface area contributed by atoms with Gasteiger partial charge in [0.25, 0.3) is 11.8 Å². The molecule has 2 aromatic carbocycles. The van der Waals surface area contributed by atoms with Crippen LogP contribution < -0.4 is 10.7 Å². The molecule has 1 aliphatic heterocycles. The molecule has 0 saturated carbocycles. The second-order valence-electron chi connectivity index (χ2n) is 6.41. The summed E-state index contributed by atoms with van der Waals surface area (Å²) in [4.78, 5) is 41.0. The van der Waals surface area contributed by atoms with E-state index in [1.807, 2.05) is 37.3 Å². The molecule has 0 spiro atoms. The zero-order valence-electron chi connectivity index (χ0n) is 14.7. The molecule has 7 nitrogen and oxygen atoms in total. The Morgan fingerprint density at radius 3 is 2.48 bits per heavy atom. The quantitative estimate of drug-likeness (QED) is 0.623. The summed E-state index contributed by atoms with van der Waals surface area (Å²) in [6, 6.07) is 17.5. The molecule has 0 unspecified atom stereocenters. The van der Waals surface area contributed by atoms with E-state index >= 15 is 0 Å². The molecular formula is C20H18N4O3. The average molecular weight is 362 g/mol. The van der Waals surface area contributed by atoms with Gasteiger partial charge in [-0.05, 0) is 24.1 Å². The van der Waals surface area contributed by atoms with Crippen molar-refractivity contribution in [3.05, 3.63) is 71.9 Å². The van der Waals surface area contributed by atoms with Crippen molar-refractivity contribution < 1.29 is 14.4 Å². The molecule has 136 valence electrons. The van der Waals surface area contributed by atoms with E-state index in [-0.39, 0.29) is 5.69 Å². The summed E-state index contributed by atoms with van der Waals surface area (Å²) in [6.07, 6.45) is 0.361. The Morgan fingerprint density at radius 1 is 1.07 bits per heavy atom. The number of hydrazine groups is 1. The lowest BCUT2D eigenvalue weighted by Gasteiger charge is -2.25. The number of para-hydroxylation sites is 1. The van der Waals surface area contributed by atoms with Crippen molar-refractivity contribution in [3.63, 3.8) is 0 Å². The second kappa shape index (κ2) is 6.28. The Labute approximate surface area is 155 Å². The summed E-state index contributed by atoms with van der Waals surface area (Å²) in [5, 5.41) is 4.35. The number of nitrogens with zero attached hydrogens (tertiary/aromatic N) is 1. The maximum atomic E-state index is 13.0. The molecule has 3 N–H and O–H groups in total. The number of urea groups is 1. The number of rotatable bonds is 4. The highest BCUT2D eigenvalue weighted by molar-refractivity contribution is 6.09. The van der Waals surface area contributed by atoms with E-state index < -0.39 is 23.4 Å². The van der Waals surface area contributed by atoms with Crippen LogP contribution in [0.5, 0.6) is 0 Å². The third-order valence-corrected chi connectivity index (χ3v) is 4.88. The van der Waals surface area contributed by atoms with Crippen LogP contribution >= 0.6 is 0 Å². The van der Waals surface area contributed by atoms with Gasteiger partial charge in [0.15, 0.2) is 0 Å². The summed E-state index contributed by atoms with van der Waals surface area (Å²) in [5.74, 6) is -1.07. The van der Waals surface area contributed by atoms with Crippen LogP contribution in [0.1, 0.15) is 29.4 Å². The minimum atomic E-state index is -1.19. The maximum absolute atomic E-state index is 13.0. The van der Waals surface area contributed by atoms with Crippen LogP contribution in [0, 0.1) is 0 Å². The van der Waals surface area contributed by atoms with E-state index in [0.717, 1.165) is 15.9 Å². The molecule has 3 aromatic rings. The minimum absolute atomic E-state index is 0.269. The zero-order valence-corrected chi connectivity index (χ0v) is 14.7. The molecule has 4 rings (SSSR count). The van der Waals surface area contributed by atoms with Crippen LogP contribution in [0.4, 0.5) is 4.79 Å². The highest BCUT2D eigenvalue weighted by Crippen LogP contribution is 2.31. The van der Waals surface area contributed by atoms with Crippen molar-refractivity contribution in [1.82, 2.24) is 20.7 Å². The first-order valence-electron chi connectivity index (χ1n) is 8.66. The van der Waals surface area contributed by atoms with Crippen LogP contribution in [0.2, 0.25) is 0 Å². The van der Waals surface area contributed by atoms with E-state index in [9.17, 15) is 14.4 Å². The zero-order chi connectivity index (χ0) is 19.0. The Morgan fingerprint density at radius 2 is 1.78 bits per heavy atom. The van der Waals surface area contributed by atoms with Gasteiger partial charge in [0, 0.05) is 10.9 Å². The highest BCUT2D eigenvalue weighted by Gasteiger charge is 2.52. The number of benzene rings is 2. The summed E-state index contributed by atoms with van der Waals surface area (Å²) < 4.78 is 0. The number of hydrogen-bond acceptors (Lipinski definition) is 3. The number of hydrogen-bond donors (Lipinski definition) is 3. The van der Waals surface area contributed by atoms with Crippen LogP contribution in [0.3, 0.4) is 0 Å². The smallest absolute Gasteiger partial charge is 0.344 e. The third kappa shape index (κ3) is 2.64. The monoisotopic (exact) mass is 362 g/mol. The van der Waals surface area contributed by atoms with Crippen LogP contribution in [-0.2, 0) is 10.3 Å². The van der Waals surface area contributed by atoms with Gasteiger partial charge in [0.05, 0.1) is 0 Å². The third-order valence-electron chi connectivity index (χ3n) is 4.88. The van der Waals surface area contributed by atoms with Gasteiger partial charge in [-0.2, -0.15) is 5.01 Å². The molecular weight excluding hydrogens is 344 g/mol.